The standard InChI is InChI=1S/C22H27N3O2/c1-27-21-9-7-18(8-10-21)14-25-22(26)19-13-20(16-23-15-19)24-12-11-17-5-3-2-4-6-17/h5,7-10,13,15-16,24H,2-4,6,11-12,14H2,1H3,(H,25,26). The summed E-state index contributed by atoms with van der Waals surface area (Å²) < 4.78 is 5.14. The normalized spacial score (nSPS) is 13.6. The van der Waals surface area contributed by atoms with Gasteiger partial charge in [0.25, 0.3) is 5.91 Å². The molecule has 2 aromatic rings. The third-order valence-electron chi connectivity index (χ3n) is 4.77. The molecule has 1 heterocycles. The molecule has 1 amide bonds. The molecule has 1 aromatic carbocycles. The van der Waals surface area contributed by atoms with Gasteiger partial charge in [-0.1, -0.05) is 23.8 Å². The van der Waals surface area contributed by atoms with Crippen molar-refractivity contribution in [2.45, 2.75) is 38.6 Å². The Morgan fingerprint density at radius 1 is 1.19 bits per heavy atom. The summed E-state index contributed by atoms with van der Waals surface area (Å²) >= 11 is 0. The van der Waals surface area contributed by atoms with E-state index in [1.807, 2.05) is 30.3 Å². The minimum atomic E-state index is -0.128. The Labute approximate surface area is 160 Å². The molecule has 0 unspecified atom stereocenters. The number of nitrogens with zero attached hydrogens (tertiary/aromatic N) is 1. The molecular weight excluding hydrogens is 338 g/mol. The highest BCUT2D eigenvalue weighted by Crippen LogP contribution is 2.20. The average molecular weight is 365 g/mol. The van der Waals surface area contributed by atoms with Gasteiger partial charge >= 0.3 is 0 Å². The van der Waals surface area contributed by atoms with Crippen molar-refractivity contribution in [3.8, 4) is 5.75 Å². The number of rotatable bonds is 8. The second-order valence-electron chi connectivity index (χ2n) is 6.78. The van der Waals surface area contributed by atoms with Crippen LogP contribution in [0.2, 0.25) is 0 Å². The van der Waals surface area contributed by atoms with E-state index in [4.69, 9.17) is 4.74 Å². The third kappa shape index (κ3) is 5.84. The molecule has 0 saturated carbocycles. The summed E-state index contributed by atoms with van der Waals surface area (Å²) in [5.41, 5.74) is 4.00. The minimum absolute atomic E-state index is 0.128. The first-order valence-corrected chi connectivity index (χ1v) is 9.52. The van der Waals surface area contributed by atoms with Crippen LogP contribution in [0.3, 0.4) is 0 Å². The number of amides is 1. The van der Waals surface area contributed by atoms with Crippen LogP contribution in [0.25, 0.3) is 0 Å². The molecule has 27 heavy (non-hydrogen) atoms. The molecule has 0 spiro atoms. The third-order valence-corrected chi connectivity index (χ3v) is 4.77. The largest absolute Gasteiger partial charge is 0.497 e. The molecule has 1 aliphatic carbocycles. The van der Waals surface area contributed by atoms with Crippen molar-refractivity contribution >= 4 is 11.6 Å². The topological polar surface area (TPSA) is 63.2 Å². The second kappa shape index (κ2) is 9.76. The maximum Gasteiger partial charge on any atom is 0.253 e. The number of aromatic nitrogens is 1. The number of benzene rings is 1. The molecule has 5 nitrogen and oxygen atoms in total. The number of carbonyl (C=O) groups is 1. The van der Waals surface area contributed by atoms with Crippen molar-refractivity contribution in [3.05, 3.63) is 65.5 Å². The van der Waals surface area contributed by atoms with Crippen LogP contribution >= 0.6 is 0 Å². The van der Waals surface area contributed by atoms with Gasteiger partial charge in [0.2, 0.25) is 0 Å². The monoisotopic (exact) mass is 365 g/mol. The zero-order chi connectivity index (χ0) is 18.9. The van der Waals surface area contributed by atoms with E-state index >= 15 is 0 Å². The zero-order valence-corrected chi connectivity index (χ0v) is 15.8. The molecule has 0 atom stereocenters. The minimum Gasteiger partial charge on any atom is -0.497 e. The number of carbonyl (C=O) groups excluding carboxylic acids is 1. The molecule has 142 valence electrons. The van der Waals surface area contributed by atoms with Crippen LogP contribution in [0.4, 0.5) is 5.69 Å². The molecule has 1 aromatic heterocycles. The number of anilines is 1. The maximum atomic E-state index is 12.4. The highest BCUT2D eigenvalue weighted by atomic mass is 16.5. The Hall–Kier alpha value is -2.82. The number of ether oxygens (including phenoxy) is 1. The molecule has 0 bridgehead atoms. The van der Waals surface area contributed by atoms with Crippen molar-refractivity contribution in [2.24, 2.45) is 0 Å². The molecule has 5 heteroatoms. The van der Waals surface area contributed by atoms with Gasteiger partial charge in [0.1, 0.15) is 5.75 Å². The van der Waals surface area contributed by atoms with Gasteiger partial charge in [-0.05, 0) is 55.9 Å². The Morgan fingerprint density at radius 3 is 2.78 bits per heavy atom. The summed E-state index contributed by atoms with van der Waals surface area (Å²) in [6, 6.07) is 9.50. The maximum absolute atomic E-state index is 12.4. The summed E-state index contributed by atoms with van der Waals surface area (Å²) in [5, 5.41) is 6.31. The van der Waals surface area contributed by atoms with E-state index in [0.717, 1.165) is 30.0 Å². The van der Waals surface area contributed by atoms with Crippen molar-refractivity contribution in [3.63, 3.8) is 0 Å². The van der Waals surface area contributed by atoms with Crippen LogP contribution < -0.4 is 15.4 Å². The molecule has 0 radical (unpaired) electrons. The van der Waals surface area contributed by atoms with E-state index in [9.17, 15) is 4.79 Å². The van der Waals surface area contributed by atoms with Crippen LogP contribution in [0.15, 0.2) is 54.4 Å². The van der Waals surface area contributed by atoms with Gasteiger partial charge in [-0.25, -0.2) is 0 Å². The van der Waals surface area contributed by atoms with Crippen LogP contribution in [-0.2, 0) is 6.54 Å². The van der Waals surface area contributed by atoms with E-state index in [1.54, 1.807) is 19.5 Å². The van der Waals surface area contributed by atoms with Gasteiger partial charge in [0, 0.05) is 25.5 Å². The highest BCUT2D eigenvalue weighted by Gasteiger charge is 2.08. The number of hydrogen-bond acceptors (Lipinski definition) is 4. The van der Waals surface area contributed by atoms with Crippen LogP contribution in [0.5, 0.6) is 5.75 Å². The Balaban J connectivity index is 1.49. The number of methoxy groups -OCH3 is 1. The molecule has 2 N–H and O–H groups in total. The SMILES string of the molecule is COc1ccc(CNC(=O)c2cncc(NCCC3=CCCCC3)c2)cc1. The van der Waals surface area contributed by atoms with E-state index in [1.165, 1.54) is 31.3 Å². The van der Waals surface area contributed by atoms with Gasteiger partial charge in [-0.3, -0.25) is 9.78 Å². The molecule has 1 aliphatic rings. The van der Waals surface area contributed by atoms with Crippen molar-refractivity contribution in [2.75, 3.05) is 19.0 Å². The average Bonchev–Trinajstić information content (AvgIpc) is 2.73. The number of hydrogen-bond donors (Lipinski definition) is 2. The Bertz CT molecular complexity index is 784. The van der Waals surface area contributed by atoms with Gasteiger partial charge in [-0.15, -0.1) is 0 Å². The van der Waals surface area contributed by atoms with Gasteiger partial charge in [-0.2, -0.15) is 0 Å². The number of pyridine rings is 1. The fourth-order valence-electron chi connectivity index (χ4n) is 3.19. The molecule has 0 aliphatic heterocycles. The smallest absolute Gasteiger partial charge is 0.253 e. The molecule has 0 saturated heterocycles. The zero-order valence-electron chi connectivity index (χ0n) is 15.8. The van der Waals surface area contributed by atoms with Crippen LogP contribution in [0.1, 0.15) is 48.0 Å². The van der Waals surface area contributed by atoms with Crippen molar-refractivity contribution in [1.82, 2.24) is 10.3 Å². The second-order valence-corrected chi connectivity index (χ2v) is 6.78. The lowest BCUT2D eigenvalue weighted by Crippen LogP contribution is -2.23. The fourth-order valence-corrected chi connectivity index (χ4v) is 3.19. The lowest BCUT2D eigenvalue weighted by Gasteiger charge is -2.13. The van der Waals surface area contributed by atoms with E-state index < -0.39 is 0 Å². The lowest BCUT2D eigenvalue weighted by atomic mass is 9.97. The first-order valence-electron chi connectivity index (χ1n) is 9.52. The Morgan fingerprint density at radius 2 is 2.04 bits per heavy atom. The van der Waals surface area contributed by atoms with E-state index in [0.29, 0.717) is 12.1 Å². The van der Waals surface area contributed by atoms with Crippen molar-refractivity contribution in [1.29, 1.82) is 0 Å². The quantitative estimate of drug-likeness (QED) is 0.684. The van der Waals surface area contributed by atoms with Gasteiger partial charge in [0.05, 0.1) is 18.4 Å². The predicted octanol–water partition coefficient (Wildman–Crippen LogP) is 4.32. The molecule has 3 rings (SSSR count). The summed E-state index contributed by atoms with van der Waals surface area (Å²) in [4.78, 5) is 16.6. The van der Waals surface area contributed by atoms with E-state index in [2.05, 4.69) is 21.7 Å². The summed E-state index contributed by atoms with van der Waals surface area (Å²) in [5.74, 6) is 0.675. The summed E-state index contributed by atoms with van der Waals surface area (Å²) in [7, 11) is 1.64. The van der Waals surface area contributed by atoms with Crippen molar-refractivity contribution < 1.29 is 9.53 Å². The van der Waals surface area contributed by atoms with E-state index in [-0.39, 0.29) is 5.91 Å². The highest BCUT2D eigenvalue weighted by molar-refractivity contribution is 5.94. The predicted molar refractivity (Wildman–Crippen MR) is 108 cm³/mol. The number of nitrogens with one attached hydrogen (secondary N) is 2. The van der Waals surface area contributed by atoms with Gasteiger partial charge < -0.3 is 15.4 Å². The first-order chi connectivity index (χ1) is 13.2. The molecule has 0 fully saturated rings. The summed E-state index contributed by atoms with van der Waals surface area (Å²) in [6.45, 7) is 1.33. The van der Waals surface area contributed by atoms with Gasteiger partial charge in [0.15, 0.2) is 0 Å². The van der Waals surface area contributed by atoms with Crippen LogP contribution in [-0.4, -0.2) is 24.5 Å². The van der Waals surface area contributed by atoms with Crippen LogP contribution in [0, 0.1) is 0 Å². The number of allylic oxidation sites excluding steroid dienone is 1. The first kappa shape index (κ1) is 19.0. The fraction of sp³-hybridized carbons (Fsp3) is 0.364. The lowest BCUT2D eigenvalue weighted by molar-refractivity contribution is 0.0950. The molecular formula is C22H27N3O2. The Kier molecular flexibility index (Phi) is 6.85. The summed E-state index contributed by atoms with van der Waals surface area (Å²) in [6.07, 6.45) is 11.8.